The summed E-state index contributed by atoms with van der Waals surface area (Å²) < 4.78 is 5.91. The summed E-state index contributed by atoms with van der Waals surface area (Å²) >= 11 is 0. The zero-order chi connectivity index (χ0) is 12.1. The van der Waals surface area contributed by atoms with Crippen molar-refractivity contribution in [1.29, 1.82) is 0 Å². The Morgan fingerprint density at radius 2 is 1.94 bits per heavy atom. The highest BCUT2D eigenvalue weighted by atomic mass is 16.4. The standard InChI is InChI=1S/C14H24N2O/c1-3-8-11(4-2)13-15-16-14(17-13)12-9-6-5-7-10-12/h11-12H,3-10H2,1-2H3. The summed E-state index contributed by atoms with van der Waals surface area (Å²) in [7, 11) is 0. The van der Waals surface area contributed by atoms with Gasteiger partial charge in [0.05, 0.1) is 0 Å². The molecule has 1 aromatic rings. The van der Waals surface area contributed by atoms with E-state index in [-0.39, 0.29) is 0 Å². The zero-order valence-electron chi connectivity index (χ0n) is 11.1. The smallest absolute Gasteiger partial charge is 0.219 e. The van der Waals surface area contributed by atoms with Gasteiger partial charge in [-0.15, -0.1) is 10.2 Å². The van der Waals surface area contributed by atoms with Crippen molar-refractivity contribution in [1.82, 2.24) is 10.2 Å². The molecule has 1 aliphatic rings. The van der Waals surface area contributed by atoms with Gasteiger partial charge in [0.1, 0.15) is 0 Å². The number of rotatable bonds is 5. The van der Waals surface area contributed by atoms with E-state index in [1.165, 1.54) is 38.5 Å². The Labute approximate surface area is 104 Å². The molecule has 0 spiro atoms. The van der Waals surface area contributed by atoms with Gasteiger partial charge in [-0.2, -0.15) is 0 Å². The molecule has 3 heteroatoms. The molecule has 0 amide bonds. The van der Waals surface area contributed by atoms with E-state index in [9.17, 15) is 0 Å². The monoisotopic (exact) mass is 236 g/mol. The molecule has 0 aromatic carbocycles. The molecule has 0 bridgehead atoms. The molecule has 2 rings (SSSR count). The Bertz CT molecular complexity index is 309. The second-order valence-electron chi connectivity index (χ2n) is 5.21. The summed E-state index contributed by atoms with van der Waals surface area (Å²) in [6, 6.07) is 0. The minimum absolute atomic E-state index is 0.463. The van der Waals surface area contributed by atoms with Crippen molar-refractivity contribution in [2.24, 2.45) is 0 Å². The van der Waals surface area contributed by atoms with E-state index in [0.717, 1.165) is 24.6 Å². The molecule has 1 heterocycles. The Morgan fingerprint density at radius 1 is 1.18 bits per heavy atom. The van der Waals surface area contributed by atoms with E-state index in [4.69, 9.17) is 4.42 Å². The molecule has 3 nitrogen and oxygen atoms in total. The molecular weight excluding hydrogens is 212 g/mol. The molecule has 0 aliphatic heterocycles. The molecule has 1 atom stereocenters. The fourth-order valence-corrected chi connectivity index (χ4v) is 2.78. The second-order valence-corrected chi connectivity index (χ2v) is 5.21. The van der Waals surface area contributed by atoms with Crippen LogP contribution in [-0.4, -0.2) is 10.2 Å². The van der Waals surface area contributed by atoms with Crippen LogP contribution in [0.25, 0.3) is 0 Å². The maximum atomic E-state index is 5.91. The van der Waals surface area contributed by atoms with Crippen LogP contribution in [0.1, 0.15) is 88.8 Å². The molecule has 1 aliphatic carbocycles. The van der Waals surface area contributed by atoms with Crippen molar-refractivity contribution in [2.75, 3.05) is 0 Å². The van der Waals surface area contributed by atoms with Gasteiger partial charge in [0.15, 0.2) is 0 Å². The van der Waals surface area contributed by atoms with E-state index in [1.807, 2.05) is 0 Å². The van der Waals surface area contributed by atoms with Crippen molar-refractivity contribution in [3.8, 4) is 0 Å². The number of hydrogen-bond donors (Lipinski definition) is 0. The third-order valence-electron chi connectivity index (χ3n) is 3.89. The van der Waals surface area contributed by atoms with Crippen LogP contribution in [0, 0.1) is 0 Å². The van der Waals surface area contributed by atoms with Crippen LogP contribution in [-0.2, 0) is 0 Å². The van der Waals surface area contributed by atoms with Gasteiger partial charge in [-0.3, -0.25) is 0 Å². The topological polar surface area (TPSA) is 38.9 Å². The van der Waals surface area contributed by atoms with Crippen molar-refractivity contribution in [3.05, 3.63) is 11.8 Å². The Morgan fingerprint density at radius 3 is 2.59 bits per heavy atom. The SMILES string of the molecule is CCCC(CC)c1nnc(C2CCCCC2)o1. The first-order valence-electron chi connectivity index (χ1n) is 7.18. The highest BCUT2D eigenvalue weighted by Gasteiger charge is 2.23. The van der Waals surface area contributed by atoms with E-state index >= 15 is 0 Å². The summed E-state index contributed by atoms with van der Waals surface area (Å²) in [6.45, 7) is 4.41. The van der Waals surface area contributed by atoms with Gasteiger partial charge in [0, 0.05) is 11.8 Å². The fourth-order valence-electron chi connectivity index (χ4n) is 2.78. The number of aromatic nitrogens is 2. The summed E-state index contributed by atoms with van der Waals surface area (Å²) in [5.74, 6) is 2.76. The minimum atomic E-state index is 0.463. The second kappa shape index (κ2) is 6.18. The van der Waals surface area contributed by atoms with Crippen molar-refractivity contribution in [2.45, 2.75) is 77.0 Å². The largest absolute Gasteiger partial charge is 0.425 e. The van der Waals surface area contributed by atoms with E-state index in [2.05, 4.69) is 24.0 Å². The van der Waals surface area contributed by atoms with Crippen LogP contribution in [0.5, 0.6) is 0 Å². The van der Waals surface area contributed by atoms with Crippen molar-refractivity contribution >= 4 is 0 Å². The maximum Gasteiger partial charge on any atom is 0.219 e. The quantitative estimate of drug-likeness (QED) is 0.760. The minimum Gasteiger partial charge on any atom is -0.425 e. The van der Waals surface area contributed by atoms with Crippen molar-refractivity contribution in [3.63, 3.8) is 0 Å². The molecule has 96 valence electrons. The van der Waals surface area contributed by atoms with Crippen LogP contribution >= 0.6 is 0 Å². The van der Waals surface area contributed by atoms with Gasteiger partial charge >= 0.3 is 0 Å². The lowest BCUT2D eigenvalue weighted by Gasteiger charge is -2.17. The highest BCUT2D eigenvalue weighted by Crippen LogP contribution is 2.33. The van der Waals surface area contributed by atoms with Gasteiger partial charge in [-0.25, -0.2) is 0 Å². The predicted octanol–water partition coefficient (Wildman–Crippen LogP) is 4.41. The molecule has 1 unspecified atom stereocenters. The number of hydrogen-bond acceptors (Lipinski definition) is 3. The van der Waals surface area contributed by atoms with Crippen LogP contribution in [0.15, 0.2) is 4.42 Å². The Kier molecular flexibility index (Phi) is 4.57. The van der Waals surface area contributed by atoms with E-state index < -0.39 is 0 Å². The molecular formula is C14H24N2O. The van der Waals surface area contributed by atoms with Crippen LogP contribution in [0.2, 0.25) is 0 Å². The summed E-state index contributed by atoms with van der Waals surface area (Å²) in [4.78, 5) is 0. The van der Waals surface area contributed by atoms with Gasteiger partial charge in [-0.05, 0) is 25.7 Å². The first-order chi connectivity index (χ1) is 8.35. The van der Waals surface area contributed by atoms with Crippen LogP contribution in [0.4, 0.5) is 0 Å². The molecule has 17 heavy (non-hydrogen) atoms. The Balaban J connectivity index is 2.03. The van der Waals surface area contributed by atoms with Crippen LogP contribution in [0.3, 0.4) is 0 Å². The summed E-state index contributed by atoms with van der Waals surface area (Å²) in [6.07, 6.45) is 9.88. The fraction of sp³-hybridized carbons (Fsp3) is 0.857. The van der Waals surface area contributed by atoms with Gasteiger partial charge < -0.3 is 4.42 Å². The van der Waals surface area contributed by atoms with Gasteiger partial charge in [0.2, 0.25) is 11.8 Å². The lowest BCUT2D eigenvalue weighted by molar-refractivity contribution is 0.335. The van der Waals surface area contributed by atoms with Crippen LogP contribution < -0.4 is 0 Å². The average molecular weight is 236 g/mol. The first kappa shape index (κ1) is 12.6. The first-order valence-corrected chi connectivity index (χ1v) is 7.18. The average Bonchev–Trinajstić information content (AvgIpc) is 2.86. The molecule has 0 saturated heterocycles. The summed E-state index contributed by atoms with van der Waals surface area (Å²) in [5.41, 5.74) is 0. The van der Waals surface area contributed by atoms with Crippen molar-refractivity contribution < 1.29 is 4.42 Å². The van der Waals surface area contributed by atoms with E-state index in [0.29, 0.717) is 11.8 Å². The lowest BCUT2D eigenvalue weighted by Crippen LogP contribution is -2.04. The lowest BCUT2D eigenvalue weighted by atomic mass is 9.89. The maximum absolute atomic E-state index is 5.91. The molecule has 1 saturated carbocycles. The zero-order valence-corrected chi connectivity index (χ0v) is 11.1. The molecule has 1 aromatic heterocycles. The third kappa shape index (κ3) is 3.08. The number of nitrogens with zero attached hydrogens (tertiary/aromatic N) is 2. The predicted molar refractivity (Wildman–Crippen MR) is 68.1 cm³/mol. The molecule has 1 fully saturated rings. The molecule has 0 N–H and O–H groups in total. The highest BCUT2D eigenvalue weighted by molar-refractivity contribution is 4.96. The summed E-state index contributed by atoms with van der Waals surface area (Å²) in [5, 5.41) is 8.54. The van der Waals surface area contributed by atoms with Gasteiger partial charge in [-0.1, -0.05) is 39.5 Å². The third-order valence-corrected chi connectivity index (χ3v) is 3.89. The molecule has 0 radical (unpaired) electrons. The normalized spacial score (nSPS) is 19.4. The Hall–Kier alpha value is -0.860. The van der Waals surface area contributed by atoms with Gasteiger partial charge in [0.25, 0.3) is 0 Å². The van der Waals surface area contributed by atoms with E-state index in [1.54, 1.807) is 0 Å².